The molecule has 2 aliphatic rings. The van der Waals surface area contributed by atoms with E-state index in [1.54, 1.807) is 11.0 Å². The lowest BCUT2D eigenvalue weighted by molar-refractivity contribution is -0.134. The van der Waals surface area contributed by atoms with Crippen LogP contribution in [0.5, 0.6) is 0 Å². The maximum absolute atomic E-state index is 14.4. The highest BCUT2D eigenvalue weighted by Gasteiger charge is 2.29. The minimum absolute atomic E-state index is 0.0907. The third kappa shape index (κ3) is 4.34. The summed E-state index contributed by atoms with van der Waals surface area (Å²) in [7, 11) is 1.54. The van der Waals surface area contributed by atoms with Gasteiger partial charge in [-0.3, -0.25) is 14.5 Å². The average molecular weight is 436 g/mol. The molecule has 1 aromatic heterocycles. The van der Waals surface area contributed by atoms with Gasteiger partial charge in [-0.05, 0) is 12.1 Å². The maximum Gasteiger partial charge on any atom is 0.264 e. The number of morpholine rings is 1. The van der Waals surface area contributed by atoms with Crippen LogP contribution in [-0.2, 0) is 20.9 Å². The number of amides is 2. The Kier molecular flexibility index (Phi) is 6.62. The van der Waals surface area contributed by atoms with Gasteiger partial charge in [0.2, 0.25) is 5.91 Å². The van der Waals surface area contributed by atoms with Gasteiger partial charge in [0.1, 0.15) is 5.82 Å². The first-order valence-electron chi connectivity index (χ1n) is 10.1. The van der Waals surface area contributed by atoms with Gasteiger partial charge in [0.15, 0.2) is 0 Å². The molecule has 9 heteroatoms. The Morgan fingerprint density at radius 3 is 2.50 bits per heavy atom. The van der Waals surface area contributed by atoms with E-state index < -0.39 is 0 Å². The summed E-state index contributed by atoms with van der Waals surface area (Å²) in [5.74, 6) is -0.371. The van der Waals surface area contributed by atoms with E-state index in [0.29, 0.717) is 61.8 Å². The fourth-order valence-electron chi connectivity index (χ4n) is 3.98. The number of rotatable bonds is 5. The van der Waals surface area contributed by atoms with Crippen molar-refractivity contribution in [3.05, 3.63) is 34.5 Å². The van der Waals surface area contributed by atoms with Gasteiger partial charge in [-0.2, -0.15) is 0 Å². The van der Waals surface area contributed by atoms with E-state index in [4.69, 9.17) is 9.47 Å². The summed E-state index contributed by atoms with van der Waals surface area (Å²) >= 11 is 1.30. The summed E-state index contributed by atoms with van der Waals surface area (Å²) in [6, 6.07) is 4.88. The SMILES string of the molecule is COCc1c(C(=O)N2CCN(C(=O)CN3CCOCC3)CC2)sc2cccc(F)c12. The van der Waals surface area contributed by atoms with E-state index >= 15 is 0 Å². The van der Waals surface area contributed by atoms with Gasteiger partial charge in [0.25, 0.3) is 5.91 Å². The molecule has 4 rings (SSSR count). The second-order valence-corrected chi connectivity index (χ2v) is 8.57. The molecule has 2 aliphatic heterocycles. The standard InChI is InChI=1S/C21H26FN3O4S/c1-28-14-15-19-16(22)3-2-4-17(19)30-20(15)21(27)25-7-5-24(6-8-25)18(26)13-23-9-11-29-12-10-23/h2-4H,5-14H2,1H3. The van der Waals surface area contributed by atoms with E-state index in [-0.39, 0.29) is 24.2 Å². The highest BCUT2D eigenvalue weighted by Crippen LogP contribution is 2.34. The molecule has 0 unspecified atom stereocenters. The summed E-state index contributed by atoms with van der Waals surface area (Å²) in [5.41, 5.74) is 0.603. The number of halogens is 1. The van der Waals surface area contributed by atoms with Gasteiger partial charge in [0, 0.05) is 62.0 Å². The molecular formula is C21H26FN3O4S. The van der Waals surface area contributed by atoms with Crippen LogP contribution in [0.25, 0.3) is 10.1 Å². The van der Waals surface area contributed by atoms with E-state index in [1.165, 1.54) is 24.5 Å². The fourth-order valence-corrected chi connectivity index (χ4v) is 5.17. The third-order valence-electron chi connectivity index (χ3n) is 5.63. The number of hydrogen-bond acceptors (Lipinski definition) is 6. The van der Waals surface area contributed by atoms with Crippen molar-refractivity contribution in [2.75, 3.05) is 66.1 Å². The molecule has 0 aliphatic carbocycles. The third-order valence-corrected chi connectivity index (χ3v) is 6.81. The molecule has 0 radical (unpaired) electrons. The Balaban J connectivity index is 1.42. The van der Waals surface area contributed by atoms with Crippen molar-refractivity contribution >= 4 is 33.2 Å². The monoisotopic (exact) mass is 435 g/mol. The van der Waals surface area contributed by atoms with Crippen LogP contribution in [0.1, 0.15) is 15.2 Å². The minimum Gasteiger partial charge on any atom is -0.380 e. The first-order chi connectivity index (χ1) is 14.6. The number of ether oxygens (including phenoxy) is 2. The molecular weight excluding hydrogens is 409 g/mol. The highest BCUT2D eigenvalue weighted by molar-refractivity contribution is 7.21. The maximum atomic E-state index is 14.4. The Labute approximate surface area is 178 Å². The zero-order chi connectivity index (χ0) is 21.1. The lowest BCUT2D eigenvalue weighted by Gasteiger charge is -2.36. The van der Waals surface area contributed by atoms with Crippen LogP contribution in [-0.4, -0.2) is 92.7 Å². The molecule has 0 saturated carbocycles. The van der Waals surface area contributed by atoms with Crippen LogP contribution in [0.2, 0.25) is 0 Å². The summed E-state index contributed by atoms with van der Waals surface area (Å²) in [4.78, 5) is 32.0. The van der Waals surface area contributed by atoms with E-state index in [1.807, 2.05) is 11.0 Å². The molecule has 0 N–H and O–H groups in total. The lowest BCUT2D eigenvalue weighted by atomic mass is 10.1. The van der Waals surface area contributed by atoms with Crippen LogP contribution in [0.15, 0.2) is 18.2 Å². The van der Waals surface area contributed by atoms with Crippen LogP contribution < -0.4 is 0 Å². The summed E-state index contributed by atoms with van der Waals surface area (Å²) < 4.78 is 25.7. The first kappa shape index (κ1) is 21.2. The Hall–Kier alpha value is -2.07. The van der Waals surface area contributed by atoms with Crippen molar-refractivity contribution in [1.82, 2.24) is 14.7 Å². The van der Waals surface area contributed by atoms with Crippen molar-refractivity contribution < 1.29 is 23.5 Å². The molecule has 2 fully saturated rings. The van der Waals surface area contributed by atoms with Crippen LogP contribution >= 0.6 is 11.3 Å². The van der Waals surface area contributed by atoms with E-state index in [0.717, 1.165) is 17.8 Å². The second kappa shape index (κ2) is 9.38. The number of nitrogens with zero attached hydrogens (tertiary/aromatic N) is 3. The molecule has 1 aromatic carbocycles. The van der Waals surface area contributed by atoms with Gasteiger partial charge >= 0.3 is 0 Å². The van der Waals surface area contributed by atoms with Crippen LogP contribution in [0.4, 0.5) is 4.39 Å². The molecule has 0 spiro atoms. The lowest BCUT2D eigenvalue weighted by Crippen LogP contribution is -2.53. The Morgan fingerprint density at radius 1 is 1.10 bits per heavy atom. The number of thiophene rings is 1. The molecule has 0 atom stereocenters. The number of piperazine rings is 1. The van der Waals surface area contributed by atoms with Crippen molar-refractivity contribution in [3.63, 3.8) is 0 Å². The summed E-state index contributed by atoms with van der Waals surface area (Å²) in [6.07, 6.45) is 0. The van der Waals surface area contributed by atoms with Gasteiger partial charge in [-0.1, -0.05) is 6.07 Å². The fraction of sp³-hybridized carbons (Fsp3) is 0.524. The van der Waals surface area contributed by atoms with Crippen LogP contribution in [0, 0.1) is 5.82 Å². The van der Waals surface area contributed by atoms with Gasteiger partial charge in [-0.15, -0.1) is 11.3 Å². The molecule has 2 amide bonds. The average Bonchev–Trinajstić information content (AvgIpc) is 3.14. The number of benzene rings is 1. The largest absolute Gasteiger partial charge is 0.380 e. The van der Waals surface area contributed by atoms with Crippen molar-refractivity contribution in [3.8, 4) is 0 Å². The normalized spacial score (nSPS) is 18.2. The predicted octanol–water partition coefficient (Wildman–Crippen LogP) is 1.80. The van der Waals surface area contributed by atoms with Crippen molar-refractivity contribution in [1.29, 1.82) is 0 Å². The second-order valence-electron chi connectivity index (χ2n) is 7.52. The Bertz CT molecular complexity index is 920. The van der Waals surface area contributed by atoms with Crippen LogP contribution in [0.3, 0.4) is 0 Å². The number of carbonyl (C=O) groups is 2. The number of hydrogen-bond donors (Lipinski definition) is 0. The molecule has 0 bridgehead atoms. The van der Waals surface area contributed by atoms with Gasteiger partial charge in [-0.25, -0.2) is 4.39 Å². The zero-order valence-electron chi connectivity index (χ0n) is 17.1. The number of methoxy groups -OCH3 is 1. The molecule has 7 nitrogen and oxygen atoms in total. The topological polar surface area (TPSA) is 62.3 Å². The predicted molar refractivity (Wildman–Crippen MR) is 112 cm³/mol. The molecule has 162 valence electrons. The molecule has 2 aromatic rings. The molecule has 30 heavy (non-hydrogen) atoms. The van der Waals surface area contributed by atoms with E-state index in [2.05, 4.69) is 4.90 Å². The quantitative estimate of drug-likeness (QED) is 0.717. The summed E-state index contributed by atoms with van der Waals surface area (Å²) in [5, 5.41) is 0.465. The van der Waals surface area contributed by atoms with Crippen molar-refractivity contribution in [2.45, 2.75) is 6.61 Å². The van der Waals surface area contributed by atoms with Gasteiger partial charge in [0.05, 0.1) is 31.2 Å². The zero-order valence-corrected chi connectivity index (χ0v) is 17.9. The first-order valence-corrected chi connectivity index (χ1v) is 11.0. The smallest absolute Gasteiger partial charge is 0.264 e. The number of carbonyl (C=O) groups excluding carboxylic acids is 2. The highest BCUT2D eigenvalue weighted by atomic mass is 32.1. The number of fused-ring (bicyclic) bond motifs is 1. The molecule has 3 heterocycles. The van der Waals surface area contributed by atoms with Crippen molar-refractivity contribution in [2.24, 2.45) is 0 Å². The Morgan fingerprint density at radius 2 is 1.80 bits per heavy atom. The molecule has 2 saturated heterocycles. The van der Waals surface area contributed by atoms with Gasteiger partial charge < -0.3 is 19.3 Å². The van der Waals surface area contributed by atoms with E-state index in [9.17, 15) is 14.0 Å². The summed E-state index contributed by atoms with van der Waals surface area (Å²) in [6.45, 7) is 5.40. The minimum atomic E-state index is -0.339.